The highest BCUT2D eigenvalue weighted by Gasteiger charge is 2.12. The zero-order valence-corrected chi connectivity index (χ0v) is 17.2. The highest BCUT2D eigenvalue weighted by molar-refractivity contribution is 6.30. The minimum atomic E-state index is -0.222. The van der Waals surface area contributed by atoms with Crippen molar-refractivity contribution < 1.29 is 19.0 Å². The average Bonchev–Trinajstić information content (AvgIpc) is 2.74. The largest absolute Gasteiger partial charge is 0.497 e. The molecule has 6 heteroatoms. The Kier molecular flexibility index (Phi) is 6.62. The summed E-state index contributed by atoms with van der Waals surface area (Å²) in [6.45, 7) is 2.14. The molecular formula is C23H22ClNO4. The summed E-state index contributed by atoms with van der Waals surface area (Å²) in [6, 6.07) is 17.9. The monoisotopic (exact) mass is 411 g/mol. The minimum absolute atomic E-state index is 0.222. The Balaban J connectivity index is 1.77. The molecule has 3 rings (SSSR count). The van der Waals surface area contributed by atoms with E-state index in [9.17, 15) is 4.79 Å². The summed E-state index contributed by atoms with van der Waals surface area (Å²) in [5, 5.41) is 3.54. The SMILES string of the molecule is COc1cccc(OCc2cc(C(=O)Nc3ccc(Cl)cc3C)ccc2OC)c1. The Morgan fingerprint density at radius 3 is 2.48 bits per heavy atom. The van der Waals surface area contributed by atoms with Gasteiger partial charge in [0.2, 0.25) is 0 Å². The number of aryl methyl sites for hydroxylation is 1. The molecule has 3 aromatic rings. The Morgan fingerprint density at radius 1 is 0.966 bits per heavy atom. The van der Waals surface area contributed by atoms with E-state index in [2.05, 4.69) is 5.32 Å². The Morgan fingerprint density at radius 2 is 1.76 bits per heavy atom. The van der Waals surface area contributed by atoms with Gasteiger partial charge in [0.05, 0.1) is 14.2 Å². The van der Waals surface area contributed by atoms with E-state index in [0.717, 1.165) is 11.1 Å². The maximum atomic E-state index is 12.7. The lowest BCUT2D eigenvalue weighted by atomic mass is 10.1. The van der Waals surface area contributed by atoms with Gasteiger partial charge in [-0.15, -0.1) is 0 Å². The van der Waals surface area contributed by atoms with Crippen LogP contribution in [0.3, 0.4) is 0 Å². The zero-order chi connectivity index (χ0) is 20.8. The number of carbonyl (C=O) groups is 1. The van der Waals surface area contributed by atoms with Crippen molar-refractivity contribution in [1.82, 2.24) is 0 Å². The van der Waals surface area contributed by atoms with Gasteiger partial charge in [0.1, 0.15) is 23.9 Å². The van der Waals surface area contributed by atoms with Crippen LogP contribution in [0, 0.1) is 6.92 Å². The number of hydrogen-bond acceptors (Lipinski definition) is 4. The summed E-state index contributed by atoms with van der Waals surface area (Å²) in [5.41, 5.74) is 2.87. The molecule has 0 saturated carbocycles. The normalized spacial score (nSPS) is 10.3. The van der Waals surface area contributed by atoms with Gasteiger partial charge >= 0.3 is 0 Å². The number of nitrogens with one attached hydrogen (secondary N) is 1. The first kappa shape index (κ1) is 20.6. The van der Waals surface area contributed by atoms with Gasteiger partial charge in [-0.05, 0) is 61.0 Å². The van der Waals surface area contributed by atoms with Gasteiger partial charge in [-0.3, -0.25) is 4.79 Å². The lowest BCUT2D eigenvalue weighted by Crippen LogP contribution is -2.13. The minimum Gasteiger partial charge on any atom is -0.497 e. The van der Waals surface area contributed by atoms with Crippen molar-refractivity contribution in [2.45, 2.75) is 13.5 Å². The molecule has 0 aromatic heterocycles. The smallest absolute Gasteiger partial charge is 0.255 e. The number of benzene rings is 3. The third-order valence-electron chi connectivity index (χ3n) is 4.41. The average molecular weight is 412 g/mol. The topological polar surface area (TPSA) is 56.8 Å². The molecule has 0 fully saturated rings. The van der Waals surface area contributed by atoms with Crippen LogP contribution in [0.1, 0.15) is 21.5 Å². The number of ether oxygens (including phenoxy) is 3. The van der Waals surface area contributed by atoms with Gasteiger partial charge in [-0.25, -0.2) is 0 Å². The second-order valence-electron chi connectivity index (χ2n) is 6.41. The van der Waals surface area contributed by atoms with Crippen LogP contribution in [0.4, 0.5) is 5.69 Å². The van der Waals surface area contributed by atoms with Gasteiger partial charge in [-0.2, -0.15) is 0 Å². The van der Waals surface area contributed by atoms with E-state index in [1.165, 1.54) is 0 Å². The zero-order valence-electron chi connectivity index (χ0n) is 16.5. The molecule has 5 nitrogen and oxygen atoms in total. The molecule has 0 bridgehead atoms. The second kappa shape index (κ2) is 9.34. The number of halogens is 1. The molecule has 0 aliphatic rings. The standard InChI is InChI=1S/C23H22ClNO4/c1-15-11-18(24)8-9-21(15)25-23(26)16-7-10-22(28-3)17(12-16)14-29-20-6-4-5-19(13-20)27-2/h4-13H,14H2,1-3H3,(H,25,26). The van der Waals surface area contributed by atoms with Gasteiger partial charge in [0.25, 0.3) is 5.91 Å². The molecule has 0 saturated heterocycles. The van der Waals surface area contributed by atoms with Gasteiger partial charge < -0.3 is 19.5 Å². The fourth-order valence-corrected chi connectivity index (χ4v) is 3.07. The summed E-state index contributed by atoms with van der Waals surface area (Å²) >= 11 is 5.98. The third-order valence-corrected chi connectivity index (χ3v) is 4.65. The first-order chi connectivity index (χ1) is 14.0. The van der Waals surface area contributed by atoms with Crippen molar-refractivity contribution in [3.05, 3.63) is 82.4 Å². The van der Waals surface area contributed by atoms with Crippen LogP contribution >= 0.6 is 11.6 Å². The van der Waals surface area contributed by atoms with E-state index in [0.29, 0.717) is 33.5 Å². The quantitative estimate of drug-likeness (QED) is 0.558. The van der Waals surface area contributed by atoms with Crippen LogP contribution in [0.5, 0.6) is 17.2 Å². The summed E-state index contributed by atoms with van der Waals surface area (Å²) in [4.78, 5) is 12.7. The van der Waals surface area contributed by atoms with Gasteiger partial charge in [-0.1, -0.05) is 17.7 Å². The van der Waals surface area contributed by atoms with Crippen LogP contribution in [0.15, 0.2) is 60.7 Å². The third kappa shape index (κ3) is 5.21. The Hall–Kier alpha value is -3.18. The van der Waals surface area contributed by atoms with Crippen LogP contribution in [-0.2, 0) is 6.61 Å². The summed E-state index contributed by atoms with van der Waals surface area (Å²) in [6.07, 6.45) is 0. The van der Waals surface area contributed by atoms with E-state index in [4.69, 9.17) is 25.8 Å². The molecule has 0 aliphatic heterocycles. The predicted octanol–water partition coefficient (Wildman–Crippen LogP) is 5.50. The Labute approximate surface area is 175 Å². The molecule has 0 spiro atoms. The molecule has 1 amide bonds. The molecule has 0 heterocycles. The van der Waals surface area contributed by atoms with E-state index < -0.39 is 0 Å². The van der Waals surface area contributed by atoms with Gasteiger partial charge in [0, 0.05) is 27.9 Å². The fourth-order valence-electron chi connectivity index (χ4n) is 2.85. The number of amides is 1. The lowest BCUT2D eigenvalue weighted by molar-refractivity contribution is 0.102. The first-order valence-electron chi connectivity index (χ1n) is 9.01. The van der Waals surface area contributed by atoms with Gasteiger partial charge in [0.15, 0.2) is 0 Å². The molecular weight excluding hydrogens is 390 g/mol. The number of rotatable bonds is 7. The number of methoxy groups -OCH3 is 2. The van der Waals surface area contributed by atoms with Crippen molar-refractivity contribution >= 4 is 23.2 Å². The maximum absolute atomic E-state index is 12.7. The van der Waals surface area contributed by atoms with Crippen molar-refractivity contribution in [3.63, 3.8) is 0 Å². The molecule has 0 atom stereocenters. The van der Waals surface area contributed by atoms with E-state index >= 15 is 0 Å². The number of carbonyl (C=O) groups excluding carboxylic acids is 1. The maximum Gasteiger partial charge on any atom is 0.255 e. The van der Waals surface area contributed by atoms with E-state index in [1.54, 1.807) is 56.7 Å². The van der Waals surface area contributed by atoms with Crippen molar-refractivity contribution in [2.24, 2.45) is 0 Å². The highest BCUT2D eigenvalue weighted by Crippen LogP contribution is 2.25. The van der Waals surface area contributed by atoms with Crippen molar-refractivity contribution in [2.75, 3.05) is 19.5 Å². The lowest BCUT2D eigenvalue weighted by Gasteiger charge is -2.13. The van der Waals surface area contributed by atoms with Crippen LogP contribution in [0.25, 0.3) is 0 Å². The summed E-state index contributed by atoms with van der Waals surface area (Å²) in [5.74, 6) is 1.80. The fraction of sp³-hybridized carbons (Fsp3) is 0.174. The van der Waals surface area contributed by atoms with Crippen molar-refractivity contribution in [1.29, 1.82) is 0 Å². The van der Waals surface area contributed by atoms with E-state index in [-0.39, 0.29) is 12.5 Å². The van der Waals surface area contributed by atoms with Crippen LogP contribution in [0.2, 0.25) is 5.02 Å². The van der Waals surface area contributed by atoms with Crippen LogP contribution < -0.4 is 19.5 Å². The number of anilines is 1. The van der Waals surface area contributed by atoms with Crippen LogP contribution in [-0.4, -0.2) is 20.1 Å². The first-order valence-corrected chi connectivity index (χ1v) is 9.39. The second-order valence-corrected chi connectivity index (χ2v) is 6.84. The van der Waals surface area contributed by atoms with E-state index in [1.807, 2.05) is 25.1 Å². The molecule has 0 unspecified atom stereocenters. The molecule has 3 aromatic carbocycles. The molecule has 0 radical (unpaired) electrons. The molecule has 150 valence electrons. The Bertz CT molecular complexity index is 1020. The summed E-state index contributed by atoms with van der Waals surface area (Å²) < 4.78 is 16.5. The number of hydrogen-bond donors (Lipinski definition) is 1. The molecule has 0 aliphatic carbocycles. The molecule has 1 N–H and O–H groups in total. The highest BCUT2D eigenvalue weighted by atomic mass is 35.5. The van der Waals surface area contributed by atoms with Crippen molar-refractivity contribution in [3.8, 4) is 17.2 Å². The molecule has 29 heavy (non-hydrogen) atoms. The predicted molar refractivity (Wildman–Crippen MR) is 114 cm³/mol. The summed E-state index contributed by atoms with van der Waals surface area (Å²) in [7, 11) is 3.19.